The topological polar surface area (TPSA) is 91.1 Å². The minimum atomic E-state index is -0.494. The monoisotopic (exact) mass is 249 g/mol. The second-order valence-electron chi connectivity index (χ2n) is 4.25. The van der Waals surface area contributed by atoms with Crippen LogP contribution in [-0.4, -0.2) is 29.4 Å². The van der Waals surface area contributed by atoms with Gasteiger partial charge in [0.15, 0.2) is 0 Å². The van der Waals surface area contributed by atoms with Crippen LogP contribution >= 0.6 is 0 Å². The number of rotatable bonds is 2. The molecule has 0 aliphatic carbocycles. The minimum Gasteiger partial charge on any atom is -0.354 e. The van der Waals surface area contributed by atoms with Crippen LogP contribution in [0.3, 0.4) is 0 Å². The van der Waals surface area contributed by atoms with Crippen molar-refractivity contribution >= 4 is 11.8 Å². The van der Waals surface area contributed by atoms with Gasteiger partial charge < -0.3 is 15.6 Å². The quantitative estimate of drug-likeness (QED) is 0.676. The Morgan fingerprint density at radius 2 is 2.11 bits per heavy atom. The molecule has 1 unspecified atom stereocenters. The Labute approximate surface area is 104 Å². The summed E-state index contributed by atoms with van der Waals surface area (Å²) in [5.41, 5.74) is 0.0745. The molecule has 0 aromatic carbocycles. The Morgan fingerprint density at radius 3 is 2.83 bits per heavy atom. The van der Waals surface area contributed by atoms with Gasteiger partial charge in [0, 0.05) is 18.8 Å². The molecule has 3 N–H and O–H groups in total. The normalized spacial score (nSPS) is 19.8. The second-order valence-corrected chi connectivity index (χ2v) is 4.25. The van der Waals surface area contributed by atoms with Crippen molar-refractivity contribution in [1.29, 1.82) is 0 Å². The summed E-state index contributed by atoms with van der Waals surface area (Å²) in [5.74, 6) is -0.501. The molecule has 96 valence electrons. The van der Waals surface area contributed by atoms with Crippen LogP contribution in [0.2, 0.25) is 0 Å². The molecule has 6 nitrogen and oxygen atoms in total. The maximum absolute atomic E-state index is 11.9. The number of pyridine rings is 1. The third-order valence-corrected chi connectivity index (χ3v) is 2.89. The summed E-state index contributed by atoms with van der Waals surface area (Å²) in [4.78, 5) is 36.8. The van der Waals surface area contributed by atoms with Crippen LogP contribution in [0.25, 0.3) is 0 Å². The summed E-state index contributed by atoms with van der Waals surface area (Å²) in [6, 6.07) is 2.22. The summed E-state index contributed by atoms with van der Waals surface area (Å²) in [6.07, 6.45) is 3.80. The Hall–Kier alpha value is -2.11. The first-order valence-corrected chi connectivity index (χ1v) is 5.94. The summed E-state index contributed by atoms with van der Waals surface area (Å²) < 4.78 is 0. The van der Waals surface area contributed by atoms with Gasteiger partial charge in [-0.1, -0.05) is 0 Å². The summed E-state index contributed by atoms with van der Waals surface area (Å²) in [6.45, 7) is 0.657. The molecule has 2 rings (SSSR count). The molecule has 1 atom stereocenters. The number of amides is 2. The highest BCUT2D eigenvalue weighted by molar-refractivity contribution is 5.97. The first kappa shape index (κ1) is 12.3. The van der Waals surface area contributed by atoms with Crippen molar-refractivity contribution in [3.63, 3.8) is 0 Å². The minimum absolute atomic E-state index is 0.148. The van der Waals surface area contributed by atoms with Crippen LogP contribution in [0.4, 0.5) is 0 Å². The van der Waals surface area contributed by atoms with Crippen molar-refractivity contribution in [1.82, 2.24) is 15.6 Å². The first-order valence-electron chi connectivity index (χ1n) is 5.94. The highest BCUT2D eigenvalue weighted by atomic mass is 16.2. The van der Waals surface area contributed by atoms with Gasteiger partial charge in [0.25, 0.3) is 5.91 Å². The molecule has 1 saturated heterocycles. The molecule has 1 aromatic heterocycles. The highest BCUT2D eigenvalue weighted by Crippen LogP contribution is 2.06. The van der Waals surface area contributed by atoms with Gasteiger partial charge in [0.2, 0.25) is 11.5 Å². The zero-order valence-electron chi connectivity index (χ0n) is 9.86. The second kappa shape index (κ2) is 5.48. The predicted molar refractivity (Wildman–Crippen MR) is 65.2 cm³/mol. The number of aromatic amines is 1. The van der Waals surface area contributed by atoms with E-state index < -0.39 is 6.04 Å². The summed E-state index contributed by atoms with van der Waals surface area (Å²) in [5, 5.41) is 5.42. The molecule has 0 bridgehead atoms. The van der Waals surface area contributed by atoms with Gasteiger partial charge >= 0.3 is 0 Å². The van der Waals surface area contributed by atoms with E-state index in [-0.39, 0.29) is 17.4 Å². The van der Waals surface area contributed by atoms with E-state index in [0.29, 0.717) is 18.5 Å². The molecular weight excluding hydrogens is 234 g/mol. The van der Waals surface area contributed by atoms with Crippen molar-refractivity contribution in [2.45, 2.75) is 25.3 Å². The van der Waals surface area contributed by atoms with E-state index >= 15 is 0 Å². The molecule has 2 amide bonds. The van der Waals surface area contributed by atoms with Crippen LogP contribution in [0.1, 0.15) is 29.6 Å². The summed E-state index contributed by atoms with van der Waals surface area (Å²) in [7, 11) is 0. The number of carbonyl (C=O) groups is 2. The van der Waals surface area contributed by atoms with Gasteiger partial charge in [-0.3, -0.25) is 14.4 Å². The van der Waals surface area contributed by atoms with Gasteiger partial charge in [0.1, 0.15) is 6.04 Å². The lowest BCUT2D eigenvalue weighted by molar-refractivity contribution is -0.122. The lowest BCUT2D eigenvalue weighted by Crippen LogP contribution is -2.45. The van der Waals surface area contributed by atoms with E-state index in [1.165, 1.54) is 18.3 Å². The fourth-order valence-electron chi connectivity index (χ4n) is 1.87. The molecule has 0 saturated carbocycles. The van der Waals surface area contributed by atoms with E-state index in [2.05, 4.69) is 15.6 Å². The van der Waals surface area contributed by atoms with E-state index in [1.54, 1.807) is 0 Å². The zero-order chi connectivity index (χ0) is 13.0. The highest BCUT2D eigenvalue weighted by Gasteiger charge is 2.22. The van der Waals surface area contributed by atoms with Gasteiger partial charge in [-0.25, -0.2) is 0 Å². The standard InChI is InChI=1S/C12H15N3O3/c16-10-5-4-8(7-14-10)11(17)15-9-3-1-2-6-13-12(9)18/h4-5,7,9H,1-3,6H2,(H,13,18)(H,14,16)(H,15,17). The van der Waals surface area contributed by atoms with Crippen molar-refractivity contribution < 1.29 is 9.59 Å². The lowest BCUT2D eigenvalue weighted by atomic mass is 10.1. The first-order chi connectivity index (χ1) is 8.66. The van der Waals surface area contributed by atoms with Crippen molar-refractivity contribution in [3.05, 3.63) is 34.2 Å². The number of hydrogen-bond donors (Lipinski definition) is 3. The third kappa shape index (κ3) is 2.97. The van der Waals surface area contributed by atoms with Gasteiger partial charge in [-0.05, 0) is 25.3 Å². The molecule has 6 heteroatoms. The molecule has 18 heavy (non-hydrogen) atoms. The molecule has 1 aromatic rings. The molecule has 0 spiro atoms. The third-order valence-electron chi connectivity index (χ3n) is 2.89. The predicted octanol–water partition coefficient (Wildman–Crippen LogP) is -0.227. The van der Waals surface area contributed by atoms with E-state index in [4.69, 9.17) is 0 Å². The average molecular weight is 249 g/mol. The number of hydrogen-bond acceptors (Lipinski definition) is 3. The van der Waals surface area contributed by atoms with Crippen LogP contribution in [0.5, 0.6) is 0 Å². The van der Waals surface area contributed by atoms with Crippen molar-refractivity contribution in [3.8, 4) is 0 Å². The molecular formula is C12H15N3O3. The number of nitrogens with one attached hydrogen (secondary N) is 3. The van der Waals surface area contributed by atoms with Crippen LogP contribution in [0, 0.1) is 0 Å². The maximum Gasteiger partial charge on any atom is 0.253 e. The Kier molecular flexibility index (Phi) is 3.76. The Bertz CT molecular complexity index is 489. The van der Waals surface area contributed by atoms with E-state index in [0.717, 1.165) is 12.8 Å². The number of H-pyrrole nitrogens is 1. The number of aromatic nitrogens is 1. The van der Waals surface area contributed by atoms with E-state index in [9.17, 15) is 14.4 Å². The maximum atomic E-state index is 11.9. The van der Waals surface area contributed by atoms with Crippen LogP contribution in [0.15, 0.2) is 23.1 Å². The fraction of sp³-hybridized carbons (Fsp3) is 0.417. The fourth-order valence-corrected chi connectivity index (χ4v) is 1.87. The SMILES string of the molecule is O=C(NC1CCCCNC1=O)c1ccc(=O)[nH]c1. The molecule has 1 fully saturated rings. The summed E-state index contributed by atoms with van der Waals surface area (Å²) >= 11 is 0. The Balaban J connectivity index is 2.03. The van der Waals surface area contributed by atoms with Gasteiger partial charge in [0.05, 0.1) is 5.56 Å². The largest absolute Gasteiger partial charge is 0.354 e. The lowest BCUT2D eigenvalue weighted by Gasteiger charge is -2.14. The molecule has 0 radical (unpaired) electrons. The van der Waals surface area contributed by atoms with Gasteiger partial charge in [-0.15, -0.1) is 0 Å². The van der Waals surface area contributed by atoms with E-state index in [1.807, 2.05) is 0 Å². The van der Waals surface area contributed by atoms with Crippen LogP contribution < -0.4 is 16.2 Å². The molecule has 1 aliphatic rings. The van der Waals surface area contributed by atoms with Crippen molar-refractivity contribution in [2.24, 2.45) is 0 Å². The zero-order valence-corrected chi connectivity index (χ0v) is 9.86. The van der Waals surface area contributed by atoms with Crippen molar-refractivity contribution in [2.75, 3.05) is 6.54 Å². The molecule has 1 aliphatic heterocycles. The average Bonchev–Trinajstić information content (AvgIpc) is 2.56. The smallest absolute Gasteiger partial charge is 0.253 e. The van der Waals surface area contributed by atoms with Gasteiger partial charge in [-0.2, -0.15) is 0 Å². The Morgan fingerprint density at radius 1 is 1.28 bits per heavy atom. The van der Waals surface area contributed by atoms with Crippen LogP contribution in [-0.2, 0) is 4.79 Å². The molecule has 2 heterocycles. The number of carbonyl (C=O) groups excluding carboxylic acids is 2.